The van der Waals surface area contributed by atoms with Crippen LogP contribution in [0.25, 0.3) is 0 Å². The second kappa shape index (κ2) is 6.20. The minimum absolute atomic E-state index is 0.00546. The van der Waals surface area contributed by atoms with E-state index in [0.717, 1.165) is 12.0 Å². The molecule has 1 heterocycles. The van der Waals surface area contributed by atoms with E-state index in [-0.39, 0.29) is 28.6 Å². The van der Waals surface area contributed by atoms with Gasteiger partial charge in [0, 0.05) is 29.1 Å². The van der Waals surface area contributed by atoms with Gasteiger partial charge in [0.1, 0.15) is 5.75 Å². The number of phenols is 1. The number of hydrogen-bond acceptors (Lipinski definition) is 3. The third kappa shape index (κ3) is 2.50. The lowest BCUT2D eigenvalue weighted by Gasteiger charge is -2.60. The Balaban J connectivity index is 1.73. The first kappa shape index (κ1) is 18.7. The van der Waals surface area contributed by atoms with Crippen LogP contribution in [-0.2, 0) is 11.8 Å². The number of phenolic OH excluding ortho intramolecular Hbond substituents is 1. The van der Waals surface area contributed by atoms with E-state index in [1.165, 1.54) is 12.5 Å². The zero-order valence-electron chi connectivity index (χ0n) is 17.0. The number of hydrogen-bond donors (Lipinski definition) is 1. The maximum Gasteiger partial charge on any atom is 0.254 e. The molecule has 1 amide bonds. The second-order valence-electron chi connectivity index (χ2n) is 8.96. The van der Waals surface area contributed by atoms with Gasteiger partial charge in [0.25, 0.3) is 5.91 Å². The Morgan fingerprint density at radius 2 is 1.68 bits per heavy atom. The summed E-state index contributed by atoms with van der Waals surface area (Å²) in [4.78, 5) is 26.8. The van der Waals surface area contributed by atoms with Crippen molar-refractivity contribution in [3.05, 3.63) is 64.7 Å². The predicted octanol–water partition coefficient (Wildman–Crippen LogP) is 4.35. The highest BCUT2D eigenvalue weighted by atomic mass is 16.3. The predicted molar refractivity (Wildman–Crippen MR) is 109 cm³/mol. The molecule has 28 heavy (non-hydrogen) atoms. The molecule has 0 unspecified atom stereocenters. The van der Waals surface area contributed by atoms with Gasteiger partial charge in [-0.2, -0.15) is 0 Å². The van der Waals surface area contributed by atoms with Crippen LogP contribution in [0.4, 0.5) is 0 Å². The van der Waals surface area contributed by atoms with Crippen molar-refractivity contribution in [2.45, 2.75) is 52.0 Å². The van der Waals surface area contributed by atoms with Gasteiger partial charge in [0.05, 0.1) is 0 Å². The number of amides is 1. The van der Waals surface area contributed by atoms with Crippen molar-refractivity contribution in [1.29, 1.82) is 0 Å². The summed E-state index contributed by atoms with van der Waals surface area (Å²) in [6, 6.07) is 12.7. The molecule has 0 spiro atoms. The molecular formula is C24H27NO3. The molecule has 0 radical (unpaired) electrons. The van der Waals surface area contributed by atoms with Crippen LogP contribution in [0, 0.1) is 5.41 Å². The fraction of sp³-hybridized carbons (Fsp3) is 0.417. The van der Waals surface area contributed by atoms with Crippen LogP contribution in [0.2, 0.25) is 0 Å². The summed E-state index contributed by atoms with van der Waals surface area (Å²) in [6.45, 7) is 8.95. The standard InChI is InChI=1S/C24H27NO3/c1-15(26)16-8-10-17(11-9-16)22(28)25-13-12-24(4)19-6-5-7-20(27)18(19)14-21(25)23(24,2)3/h5-11,21,27H,12-14H2,1-4H3/t21-,24+/m1/s1. The minimum atomic E-state index is -0.124. The van der Waals surface area contributed by atoms with Crippen LogP contribution in [0.1, 0.15) is 66.0 Å². The fourth-order valence-corrected chi connectivity index (χ4v) is 5.18. The maximum absolute atomic E-state index is 13.3. The molecule has 1 fully saturated rings. The fourth-order valence-electron chi connectivity index (χ4n) is 5.18. The summed E-state index contributed by atoms with van der Waals surface area (Å²) >= 11 is 0. The van der Waals surface area contributed by atoms with E-state index in [9.17, 15) is 14.7 Å². The average Bonchev–Trinajstić information content (AvgIpc) is 2.65. The second-order valence-corrected chi connectivity index (χ2v) is 8.96. The van der Waals surface area contributed by atoms with Gasteiger partial charge in [-0.1, -0.05) is 45.0 Å². The first-order chi connectivity index (χ1) is 13.2. The summed E-state index contributed by atoms with van der Waals surface area (Å²) in [5, 5.41) is 10.5. The van der Waals surface area contributed by atoms with Crippen LogP contribution in [0.15, 0.2) is 42.5 Å². The van der Waals surface area contributed by atoms with Crippen molar-refractivity contribution in [2.75, 3.05) is 6.54 Å². The topological polar surface area (TPSA) is 57.6 Å². The van der Waals surface area contributed by atoms with Crippen molar-refractivity contribution < 1.29 is 14.7 Å². The lowest BCUT2D eigenvalue weighted by Crippen LogP contribution is -2.64. The number of Topliss-reactive ketones (excluding diaryl/α,β-unsaturated/α-hetero) is 1. The summed E-state index contributed by atoms with van der Waals surface area (Å²) in [6.07, 6.45) is 1.51. The zero-order chi connectivity index (χ0) is 20.3. The van der Waals surface area contributed by atoms with Crippen molar-refractivity contribution in [2.24, 2.45) is 5.41 Å². The van der Waals surface area contributed by atoms with E-state index in [1.807, 2.05) is 11.0 Å². The van der Waals surface area contributed by atoms with E-state index in [2.05, 4.69) is 26.8 Å². The molecule has 2 bridgehead atoms. The highest BCUT2D eigenvalue weighted by molar-refractivity contribution is 5.98. The number of nitrogens with zero attached hydrogens (tertiary/aromatic N) is 1. The number of carbonyl (C=O) groups excluding carboxylic acids is 2. The number of fused-ring (bicyclic) bond motifs is 4. The first-order valence-corrected chi connectivity index (χ1v) is 9.90. The number of aromatic hydroxyl groups is 1. The van der Waals surface area contributed by atoms with Crippen molar-refractivity contribution in [3.63, 3.8) is 0 Å². The molecule has 146 valence electrons. The highest BCUT2D eigenvalue weighted by Crippen LogP contribution is 2.57. The molecule has 1 N–H and O–H groups in total. The van der Waals surface area contributed by atoms with E-state index in [0.29, 0.717) is 29.8 Å². The molecular weight excluding hydrogens is 350 g/mol. The Morgan fingerprint density at radius 3 is 2.32 bits per heavy atom. The monoisotopic (exact) mass is 377 g/mol. The van der Waals surface area contributed by atoms with Gasteiger partial charge < -0.3 is 10.0 Å². The van der Waals surface area contributed by atoms with Gasteiger partial charge in [0.2, 0.25) is 0 Å². The van der Waals surface area contributed by atoms with Crippen LogP contribution < -0.4 is 0 Å². The van der Waals surface area contributed by atoms with Crippen molar-refractivity contribution in [1.82, 2.24) is 4.90 Å². The Kier molecular flexibility index (Phi) is 4.14. The van der Waals surface area contributed by atoms with Gasteiger partial charge >= 0.3 is 0 Å². The molecule has 4 nitrogen and oxygen atoms in total. The molecule has 0 saturated carbocycles. The average molecular weight is 377 g/mol. The van der Waals surface area contributed by atoms with Gasteiger partial charge in [-0.25, -0.2) is 0 Å². The third-order valence-corrected chi connectivity index (χ3v) is 7.43. The molecule has 2 aliphatic rings. The maximum atomic E-state index is 13.3. The number of piperidine rings is 1. The van der Waals surface area contributed by atoms with Gasteiger partial charge in [0.15, 0.2) is 5.78 Å². The third-order valence-electron chi connectivity index (χ3n) is 7.43. The molecule has 1 aliphatic heterocycles. The molecule has 4 heteroatoms. The minimum Gasteiger partial charge on any atom is -0.508 e. The molecule has 2 atom stereocenters. The Bertz CT molecular complexity index is 960. The first-order valence-electron chi connectivity index (χ1n) is 9.90. The van der Waals surface area contributed by atoms with E-state index < -0.39 is 0 Å². The van der Waals surface area contributed by atoms with E-state index in [1.54, 1.807) is 30.3 Å². The molecule has 2 aromatic rings. The van der Waals surface area contributed by atoms with E-state index in [4.69, 9.17) is 0 Å². The molecule has 2 aromatic carbocycles. The summed E-state index contributed by atoms with van der Waals surface area (Å²) in [5.74, 6) is 0.312. The SMILES string of the molecule is CC(=O)c1ccc(C(=O)N2CC[C@@]3(C)c4cccc(O)c4C[C@@H]2C3(C)C)cc1. The van der Waals surface area contributed by atoms with Crippen LogP contribution in [0.5, 0.6) is 5.75 Å². The Labute approximate surface area is 166 Å². The molecule has 0 aromatic heterocycles. The Morgan fingerprint density at radius 1 is 1.04 bits per heavy atom. The quantitative estimate of drug-likeness (QED) is 0.792. The normalized spacial score (nSPS) is 25.1. The lowest BCUT2D eigenvalue weighted by molar-refractivity contribution is -0.0266. The molecule has 1 aliphatic carbocycles. The summed E-state index contributed by atoms with van der Waals surface area (Å²) in [5.41, 5.74) is 3.18. The van der Waals surface area contributed by atoms with Crippen LogP contribution in [-0.4, -0.2) is 34.3 Å². The van der Waals surface area contributed by atoms with Crippen molar-refractivity contribution in [3.8, 4) is 5.75 Å². The van der Waals surface area contributed by atoms with E-state index >= 15 is 0 Å². The largest absolute Gasteiger partial charge is 0.508 e. The molecule has 4 rings (SSSR count). The number of likely N-dealkylation sites (tertiary alicyclic amines) is 1. The van der Waals surface area contributed by atoms with Gasteiger partial charge in [-0.15, -0.1) is 0 Å². The van der Waals surface area contributed by atoms with Gasteiger partial charge in [-0.3, -0.25) is 9.59 Å². The van der Waals surface area contributed by atoms with Gasteiger partial charge in [-0.05, 0) is 54.5 Å². The molecule has 1 saturated heterocycles. The van der Waals surface area contributed by atoms with Crippen LogP contribution >= 0.6 is 0 Å². The number of carbonyl (C=O) groups is 2. The smallest absolute Gasteiger partial charge is 0.254 e. The number of rotatable bonds is 2. The number of benzene rings is 2. The van der Waals surface area contributed by atoms with Crippen LogP contribution in [0.3, 0.4) is 0 Å². The summed E-state index contributed by atoms with van der Waals surface area (Å²) in [7, 11) is 0. The summed E-state index contributed by atoms with van der Waals surface area (Å²) < 4.78 is 0. The Hall–Kier alpha value is -2.62. The zero-order valence-corrected chi connectivity index (χ0v) is 17.0. The highest BCUT2D eigenvalue weighted by Gasteiger charge is 2.57. The van der Waals surface area contributed by atoms with Crippen molar-refractivity contribution >= 4 is 11.7 Å². The lowest BCUT2D eigenvalue weighted by atomic mass is 9.51. The number of ketones is 1.